The molecule has 138 valence electrons. The van der Waals surface area contributed by atoms with Gasteiger partial charge >= 0.3 is 0 Å². The monoisotopic (exact) mass is 365 g/mol. The quantitative estimate of drug-likeness (QED) is 0.705. The van der Waals surface area contributed by atoms with Crippen molar-refractivity contribution >= 4 is 15.9 Å². The SMILES string of the molecule is O=C(CCNS(=O)(=O)c1ccc2c(c1)CCCC2)N[C@H]1CCCNC1. The predicted octanol–water partition coefficient (Wildman–Crippen LogP) is 1.10. The molecule has 25 heavy (non-hydrogen) atoms. The molecule has 0 radical (unpaired) electrons. The van der Waals surface area contributed by atoms with Gasteiger partial charge in [-0.05, 0) is 68.3 Å². The highest BCUT2D eigenvalue weighted by Crippen LogP contribution is 2.23. The molecule has 7 heteroatoms. The van der Waals surface area contributed by atoms with Gasteiger partial charge < -0.3 is 10.6 Å². The number of rotatable bonds is 6. The van der Waals surface area contributed by atoms with Gasteiger partial charge in [0.05, 0.1) is 4.90 Å². The van der Waals surface area contributed by atoms with Gasteiger partial charge in [0.1, 0.15) is 0 Å². The molecule has 1 aliphatic carbocycles. The number of amides is 1. The van der Waals surface area contributed by atoms with Gasteiger partial charge in [-0.3, -0.25) is 4.79 Å². The van der Waals surface area contributed by atoms with Gasteiger partial charge in [0.25, 0.3) is 0 Å². The van der Waals surface area contributed by atoms with E-state index < -0.39 is 10.0 Å². The molecular weight excluding hydrogens is 338 g/mol. The van der Waals surface area contributed by atoms with E-state index >= 15 is 0 Å². The van der Waals surface area contributed by atoms with E-state index in [9.17, 15) is 13.2 Å². The molecule has 1 aromatic carbocycles. The maximum absolute atomic E-state index is 12.4. The minimum atomic E-state index is -3.56. The summed E-state index contributed by atoms with van der Waals surface area (Å²) in [7, 11) is -3.56. The number of aryl methyl sites for hydroxylation is 2. The third kappa shape index (κ3) is 5.03. The normalized spacial score (nSPS) is 20.7. The molecule has 1 aromatic rings. The van der Waals surface area contributed by atoms with E-state index in [1.807, 2.05) is 6.07 Å². The summed E-state index contributed by atoms with van der Waals surface area (Å²) in [6, 6.07) is 5.52. The maximum atomic E-state index is 12.4. The molecule has 1 atom stereocenters. The molecular formula is C18H27N3O3S. The number of sulfonamides is 1. The Morgan fingerprint density at radius 2 is 1.96 bits per heavy atom. The average Bonchev–Trinajstić information content (AvgIpc) is 2.62. The van der Waals surface area contributed by atoms with E-state index in [1.165, 1.54) is 12.0 Å². The molecule has 0 aromatic heterocycles. The van der Waals surface area contributed by atoms with Gasteiger partial charge in [0.2, 0.25) is 15.9 Å². The van der Waals surface area contributed by atoms with Crippen LogP contribution in [0.5, 0.6) is 0 Å². The zero-order valence-electron chi connectivity index (χ0n) is 14.5. The van der Waals surface area contributed by atoms with Crippen LogP contribution in [-0.2, 0) is 27.7 Å². The van der Waals surface area contributed by atoms with Gasteiger partial charge in [0.15, 0.2) is 0 Å². The summed E-state index contributed by atoms with van der Waals surface area (Å²) in [4.78, 5) is 12.2. The van der Waals surface area contributed by atoms with Crippen molar-refractivity contribution in [3.05, 3.63) is 29.3 Å². The molecule has 1 heterocycles. The highest BCUT2D eigenvalue weighted by molar-refractivity contribution is 7.89. The third-order valence-corrected chi connectivity index (χ3v) is 6.40. The summed E-state index contributed by atoms with van der Waals surface area (Å²) < 4.78 is 27.4. The summed E-state index contributed by atoms with van der Waals surface area (Å²) >= 11 is 0. The van der Waals surface area contributed by atoms with Crippen molar-refractivity contribution in [2.24, 2.45) is 0 Å². The molecule has 1 saturated heterocycles. The largest absolute Gasteiger partial charge is 0.352 e. The van der Waals surface area contributed by atoms with Crippen LogP contribution < -0.4 is 15.4 Å². The van der Waals surface area contributed by atoms with Crippen molar-refractivity contribution in [3.63, 3.8) is 0 Å². The van der Waals surface area contributed by atoms with Crippen molar-refractivity contribution < 1.29 is 13.2 Å². The third-order valence-electron chi connectivity index (χ3n) is 4.94. The van der Waals surface area contributed by atoms with E-state index in [1.54, 1.807) is 12.1 Å². The summed E-state index contributed by atoms with van der Waals surface area (Å²) in [5.74, 6) is -0.109. The van der Waals surface area contributed by atoms with E-state index in [0.717, 1.165) is 50.8 Å². The zero-order chi connectivity index (χ0) is 17.7. The number of carbonyl (C=O) groups is 1. The van der Waals surface area contributed by atoms with Crippen LogP contribution in [0, 0.1) is 0 Å². The smallest absolute Gasteiger partial charge is 0.240 e. The molecule has 1 fully saturated rings. The fourth-order valence-corrected chi connectivity index (χ4v) is 4.62. The molecule has 0 spiro atoms. The van der Waals surface area contributed by atoms with E-state index in [-0.39, 0.29) is 24.9 Å². The van der Waals surface area contributed by atoms with Crippen molar-refractivity contribution in [2.75, 3.05) is 19.6 Å². The van der Waals surface area contributed by atoms with Crippen molar-refractivity contribution in [1.29, 1.82) is 0 Å². The topological polar surface area (TPSA) is 87.3 Å². The minimum Gasteiger partial charge on any atom is -0.352 e. The maximum Gasteiger partial charge on any atom is 0.240 e. The number of carbonyl (C=O) groups excluding carboxylic acids is 1. The van der Waals surface area contributed by atoms with Crippen LogP contribution in [0.25, 0.3) is 0 Å². The molecule has 1 amide bonds. The van der Waals surface area contributed by atoms with Crippen molar-refractivity contribution in [2.45, 2.75) is 55.9 Å². The summed E-state index contributed by atoms with van der Waals surface area (Å²) in [6.07, 6.45) is 6.43. The molecule has 0 saturated carbocycles. The first-order valence-electron chi connectivity index (χ1n) is 9.16. The molecule has 0 bridgehead atoms. The van der Waals surface area contributed by atoms with Gasteiger partial charge in [0, 0.05) is 25.6 Å². The first-order chi connectivity index (χ1) is 12.0. The lowest BCUT2D eigenvalue weighted by Gasteiger charge is -2.23. The Hall–Kier alpha value is -1.44. The van der Waals surface area contributed by atoms with Crippen LogP contribution in [0.3, 0.4) is 0 Å². The van der Waals surface area contributed by atoms with Crippen LogP contribution in [-0.4, -0.2) is 40.0 Å². The standard InChI is InChI=1S/C18H27N3O3S/c22-18(21-16-6-3-10-19-13-16)9-11-20-25(23,24)17-8-7-14-4-1-2-5-15(14)12-17/h7-8,12,16,19-20H,1-6,9-11,13H2,(H,21,22)/t16-/m0/s1. The number of hydrogen-bond donors (Lipinski definition) is 3. The van der Waals surface area contributed by atoms with Crippen LogP contribution >= 0.6 is 0 Å². The molecule has 0 unspecified atom stereocenters. The first kappa shape index (κ1) is 18.4. The zero-order valence-corrected chi connectivity index (χ0v) is 15.3. The van der Waals surface area contributed by atoms with Crippen LogP contribution in [0.15, 0.2) is 23.1 Å². The lowest BCUT2D eigenvalue weighted by atomic mass is 9.92. The fourth-order valence-electron chi connectivity index (χ4n) is 3.53. The van der Waals surface area contributed by atoms with Crippen LogP contribution in [0.2, 0.25) is 0 Å². The lowest BCUT2D eigenvalue weighted by molar-refractivity contribution is -0.121. The lowest BCUT2D eigenvalue weighted by Crippen LogP contribution is -2.46. The Balaban J connectivity index is 1.50. The Morgan fingerprint density at radius 3 is 2.72 bits per heavy atom. The predicted molar refractivity (Wildman–Crippen MR) is 96.9 cm³/mol. The molecule has 3 N–H and O–H groups in total. The minimum absolute atomic E-state index is 0.109. The van der Waals surface area contributed by atoms with Gasteiger partial charge in [-0.15, -0.1) is 0 Å². The fraction of sp³-hybridized carbons (Fsp3) is 0.611. The van der Waals surface area contributed by atoms with Gasteiger partial charge in [-0.25, -0.2) is 13.1 Å². The Bertz CT molecular complexity index is 712. The van der Waals surface area contributed by atoms with E-state index in [0.29, 0.717) is 4.90 Å². The summed E-state index contributed by atoms with van der Waals surface area (Å²) in [5, 5.41) is 6.19. The van der Waals surface area contributed by atoms with Crippen LogP contribution in [0.1, 0.15) is 43.2 Å². The van der Waals surface area contributed by atoms with Gasteiger partial charge in [-0.1, -0.05) is 6.07 Å². The Morgan fingerprint density at radius 1 is 1.16 bits per heavy atom. The van der Waals surface area contributed by atoms with E-state index in [4.69, 9.17) is 0 Å². The molecule has 3 rings (SSSR count). The van der Waals surface area contributed by atoms with E-state index in [2.05, 4.69) is 15.4 Å². The van der Waals surface area contributed by atoms with Gasteiger partial charge in [-0.2, -0.15) is 0 Å². The number of piperidine rings is 1. The Kier molecular flexibility index (Phi) is 6.09. The van der Waals surface area contributed by atoms with Crippen LogP contribution in [0.4, 0.5) is 0 Å². The second-order valence-corrected chi connectivity index (χ2v) is 8.66. The highest BCUT2D eigenvalue weighted by Gasteiger charge is 2.19. The number of nitrogens with one attached hydrogen (secondary N) is 3. The molecule has 2 aliphatic rings. The first-order valence-corrected chi connectivity index (χ1v) is 10.6. The number of benzene rings is 1. The molecule has 6 nitrogen and oxygen atoms in total. The average molecular weight is 365 g/mol. The summed E-state index contributed by atoms with van der Waals surface area (Å²) in [6.45, 7) is 1.89. The number of hydrogen-bond acceptors (Lipinski definition) is 4. The Labute approximate surface area is 149 Å². The second-order valence-electron chi connectivity index (χ2n) is 6.90. The second kappa shape index (κ2) is 8.29. The number of fused-ring (bicyclic) bond motifs is 1. The highest BCUT2D eigenvalue weighted by atomic mass is 32.2. The van der Waals surface area contributed by atoms with Crippen molar-refractivity contribution in [3.8, 4) is 0 Å². The molecule has 1 aliphatic heterocycles. The van der Waals surface area contributed by atoms with Crippen molar-refractivity contribution in [1.82, 2.24) is 15.4 Å². The summed E-state index contributed by atoms with van der Waals surface area (Å²) in [5.41, 5.74) is 2.39.